The fraction of sp³-hybridized carbons (Fsp3) is 0.761. The molecule has 0 spiro atoms. The maximum Gasteiger partial charge on any atom is 0.303 e. The van der Waals surface area contributed by atoms with Gasteiger partial charge < -0.3 is 133 Å². The molecule has 1 aliphatic carbocycles. The van der Waals surface area contributed by atoms with Crippen LogP contribution < -0.4 is 42.5 Å². The van der Waals surface area contributed by atoms with Crippen LogP contribution in [-0.4, -0.2) is 315 Å². The van der Waals surface area contributed by atoms with E-state index in [2.05, 4.69) is 42.5 Å². The Labute approximate surface area is 662 Å². The van der Waals surface area contributed by atoms with Crippen LogP contribution >= 0.6 is 0 Å². The lowest BCUT2D eigenvalue weighted by Gasteiger charge is -2.44. The fourth-order valence-electron chi connectivity index (χ4n) is 12.3. The minimum absolute atomic E-state index is 0.101. The predicted molar refractivity (Wildman–Crippen MR) is 382 cm³/mol. The summed E-state index contributed by atoms with van der Waals surface area (Å²) in [6, 6.07) is -6.59. The lowest BCUT2D eigenvalue weighted by molar-refractivity contribution is -0.279. The molecule has 3 heterocycles. The summed E-state index contributed by atoms with van der Waals surface area (Å²) in [5, 5.41) is 31.1. The number of esters is 9. The van der Waals surface area contributed by atoms with Gasteiger partial charge in [-0.05, 0) is 38.5 Å². The maximum atomic E-state index is 14.0. The molecule has 0 bridgehead atoms. The molecular weight excluding hydrogens is 1540 g/mol. The minimum Gasteiger partial charge on any atom is -0.463 e. The molecule has 0 aromatic heterocycles. The van der Waals surface area contributed by atoms with Gasteiger partial charge in [-0.15, -0.1) is 0 Å². The molecule has 3 aliphatic heterocycles. The van der Waals surface area contributed by atoms with Crippen molar-refractivity contribution in [2.24, 2.45) is 5.92 Å². The van der Waals surface area contributed by atoms with Crippen LogP contribution in [0.25, 0.3) is 0 Å². The van der Waals surface area contributed by atoms with Gasteiger partial charge in [0.25, 0.3) is 0 Å². The molecule has 115 heavy (non-hydrogen) atoms. The number of amides is 8. The molecule has 650 valence electrons. The minimum atomic E-state index is -1.43. The van der Waals surface area contributed by atoms with Crippen molar-refractivity contribution in [3.63, 3.8) is 0 Å². The Morgan fingerprint density at radius 3 is 0.948 bits per heavy atom. The van der Waals surface area contributed by atoms with Gasteiger partial charge in [0.05, 0.1) is 65.6 Å². The van der Waals surface area contributed by atoms with Gasteiger partial charge >= 0.3 is 53.7 Å². The van der Waals surface area contributed by atoms with Gasteiger partial charge in [-0.1, -0.05) is 0 Å². The first-order chi connectivity index (χ1) is 54.4. The Kier molecular flexibility index (Phi) is 43.9. The Morgan fingerprint density at radius 2 is 0.643 bits per heavy atom. The Balaban J connectivity index is 1.45. The molecule has 44 nitrogen and oxygen atoms in total. The zero-order valence-electron chi connectivity index (χ0n) is 66.5. The van der Waals surface area contributed by atoms with E-state index in [0.29, 0.717) is 25.7 Å². The SMILES string of the molecule is CC(=O)NC1C(OCCOCCNC(=O)CC[C@H](NC(=O)CC[C@H](NC(=O)C2CCC(O)CC2)C(=O)NCCOCCOC2OC(COC(C)=O)[C@H](OC(C)=O)C(OC(C)=O)C2NC(C)=O)C(=O)NCCOCCOC2OC(COC(C)=O)[C@H](OC(C)=O)C(OC(C)=O)C2NC(C)=O)OC(COC(C)=O)[C@H](OC(C)=O)C1OC(C)=O. The van der Waals surface area contributed by atoms with Crippen LogP contribution in [0.1, 0.15) is 134 Å². The maximum absolute atomic E-state index is 14.0. The van der Waals surface area contributed by atoms with Crippen molar-refractivity contribution in [2.45, 2.75) is 245 Å². The van der Waals surface area contributed by atoms with Crippen molar-refractivity contribution in [2.75, 3.05) is 98.9 Å². The van der Waals surface area contributed by atoms with E-state index in [1.165, 1.54) is 13.8 Å². The molecule has 0 aromatic rings. The summed E-state index contributed by atoms with van der Waals surface area (Å²) in [6.07, 6.45) is -17.2. The van der Waals surface area contributed by atoms with Gasteiger partial charge in [0.15, 0.2) is 55.5 Å². The predicted octanol–water partition coefficient (Wildman–Crippen LogP) is -4.52. The number of carbonyl (C=O) groups is 17. The zero-order valence-corrected chi connectivity index (χ0v) is 66.5. The molecule has 4 aliphatic rings. The summed E-state index contributed by atoms with van der Waals surface area (Å²) in [7, 11) is 0. The summed E-state index contributed by atoms with van der Waals surface area (Å²) in [6.45, 7) is 9.67. The largest absolute Gasteiger partial charge is 0.463 e. The molecule has 0 radical (unpaired) electrons. The molecule has 0 aromatic carbocycles. The number of aliphatic hydroxyl groups excluding tert-OH is 1. The van der Waals surface area contributed by atoms with Crippen molar-refractivity contribution in [3.8, 4) is 0 Å². The number of carbonyl (C=O) groups excluding carboxylic acids is 17. The van der Waals surface area contributed by atoms with Crippen LogP contribution in [0, 0.1) is 5.92 Å². The molecule has 9 N–H and O–H groups in total. The van der Waals surface area contributed by atoms with E-state index in [-0.39, 0.29) is 98.4 Å². The monoisotopic (exact) mass is 1650 g/mol. The van der Waals surface area contributed by atoms with E-state index < -0.39 is 243 Å². The third-order valence-corrected chi connectivity index (χ3v) is 17.1. The van der Waals surface area contributed by atoms with Gasteiger partial charge in [-0.3, -0.25) is 81.5 Å². The first kappa shape index (κ1) is 98.0. The number of nitrogens with one attached hydrogen (secondary N) is 8. The van der Waals surface area contributed by atoms with Gasteiger partial charge in [0.2, 0.25) is 47.3 Å². The average molecular weight is 1650 g/mol. The summed E-state index contributed by atoms with van der Waals surface area (Å²) in [4.78, 5) is 215. The molecule has 44 heteroatoms. The van der Waals surface area contributed by atoms with Crippen LogP contribution in [0.2, 0.25) is 0 Å². The number of ether oxygens (including phenoxy) is 18. The average Bonchev–Trinajstić information content (AvgIpc) is 0.797. The van der Waals surface area contributed by atoms with Gasteiger partial charge in [0.1, 0.15) is 68.3 Å². The highest BCUT2D eigenvalue weighted by molar-refractivity contribution is 5.91. The topological polar surface area (TPSA) is 573 Å². The second-order valence-electron chi connectivity index (χ2n) is 26.8. The lowest BCUT2D eigenvalue weighted by atomic mass is 9.86. The summed E-state index contributed by atoms with van der Waals surface area (Å²) < 4.78 is 101. The fourth-order valence-corrected chi connectivity index (χ4v) is 12.3. The van der Waals surface area contributed by atoms with E-state index in [1.54, 1.807) is 0 Å². The highest BCUT2D eigenvalue weighted by Gasteiger charge is 2.54. The smallest absolute Gasteiger partial charge is 0.303 e. The van der Waals surface area contributed by atoms with E-state index in [1.807, 2.05) is 0 Å². The Bertz CT molecular complexity index is 3270. The van der Waals surface area contributed by atoms with E-state index in [9.17, 15) is 86.6 Å². The van der Waals surface area contributed by atoms with Crippen molar-refractivity contribution in [1.82, 2.24) is 42.5 Å². The van der Waals surface area contributed by atoms with Gasteiger partial charge in [-0.25, -0.2) is 0 Å². The Morgan fingerprint density at radius 1 is 0.348 bits per heavy atom. The molecular formula is C71H110N8O36. The van der Waals surface area contributed by atoms with Crippen LogP contribution in [0.3, 0.4) is 0 Å². The quantitative estimate of drug-likeness (QED) is 0.0157. The van der Waals surface area contributed by atoms with Gasteiger partial charge in [0, 0.05) is 121 Å². The third-order valence-electron chi connectivity index (χ3n) is 17.1. The molecule has 12 unspecified atom stereocenters. The normalized spacial score (nSPS) is 25.5. The van der Waals surface area contributed by atoms with Crippen LogP contribution in [0.4, 0.5) is 0 Å². The van der Waals surface area contributed by atoms with Crippen molar-refractivity contribution < 1.29 is 172 Å². The van der Waals surface area contributed by atoms with Crippen LogP contribution in [0.15, 0.2) is 0 Å². The molecule has 4 rings (SSSR count). The van der Waals surface area contributed by atoms with Crippen LogP contribution in [0.5, 0.6) is 0 Å². The molecule has 3 saturated heterocycles. The molecule has 1 saturated carbocycles. The van der Waals surface area contributed by atoms with E-state index in [0.717, 1.165) is 69.2 Å². The van der Waals surface area contributed by atoms with Crippen LogP contribution in [-0.2, 0) is 167 Å². The number of hydrogen-bond donors (Lipinski definition) is 9. The van der Waals surface area contributed by atoms with E-state index >= 15 is 0 Å². The van der Waals surface area contributed by atoms with Crippen molar-refractivity contribution in [3.05, 3.63) is 0 Å². The molecule has 8 amide bonds. The lowest BCUT2D eigenvalue weighted by Crippen LogP contribution is -2.66. The first-order valence-electron chi connectivity index (χ1n) is 37.3. The second-order valence-corrected chi connectivity index (χ2v) is 26.8. The highest BCUT2D eigenvalue weighted by atomic mass is 16.7. The van der Waals surface area contributed by atoms with Crippen molar-refractivity contribution >= 4 is 101 Å². The third kappa shape index (κ3) is 37.4. The first-order valence-corrected chi connectivity index (χ1v) is 37.3. The molecule has 17 atom stereocenters. The standard InChI is InChI=1S/C71H110N8O36/c1-36(80)75-57-63(110-45(10)89)60(107-42(7)86)52(33-104-39(4)83)113-69(57)101-30-27-98-24-21-72-55(93)19-17-50(67(96)73-22-25-99-28-31-102-70-58(76-37(2)81)64(111-46(11)90)61(108-43(8)87)53(114-70)34-105-40(5)84)78-56(94)20-18-51(79-66(95)48-13-15-49(92)16-14-48)68(97)74-23-26-100-29-32-103-71-59(77-38(3)82)65(112-47(12)91)62(109-44(9)88)54(115-71)35-106-41(6)85/h48-54,57-65,69-71,92H,13-35H2,1-12H3,(H,72,93)(H,73,96)(H,74,97)(H,75,80)(H,76,81)(H,77,82)(H,78,94)(H,79,95)/t48?,49?,50-,51-,52?,53?,54?,57?,58?,59?,60-,61-,62-,63?,64?,65?,69?,70?,71?/m0/s1. The number of hydrogen-bond acceptors (Lipinski definition) is 36. The molecule has 4 fully saturated rings. The summed E-state index contributed by atoms with van der Waals surface area (Å²) >= 11 is 0. The Hall–Kier alpha value is -9.41. The zero-order chi connectivity index (χ0) is 85.4. The van der Waals surface area contributed by atoms with E-state index in [4.69, 9.17) is 85.3 Å². The van der Waals surface area contributed by atoms with Crippen molar-refractivity contribution in [1.29, 1.82) is 0 Å². The summed E-state index contributed by atoms with van der Waals surface area (Å²) in [5.74, 6) is -13.0. The number of aliphatic hydroxyl groups is 1. The number of rotatable bonds is 47. The van der Waals surface area contributed by atoms with Gasteiger partial charge in [-0.2, -0.15) is 0 Å². The summed E-state index contributed by atoms with van der Waals surface area (Å²) in [5.41, 5.74) is 0. The highest BCUT2D eigenvalue weighted by Crippen LogP contribution is 2.32. The second kappa shape index (κ2) is 51.5.